The molecule has 0 saturated carbocycles. The SMILES string of the molecule is CCCNC(=O)C1CCCCN1C(=O)c1csc(Nc2cc(Cl)ccc2Cl)n1. The zero-order valence-corrected chi connectivity index (χ0v) is 17.8. The quantitative estimate of drug-likeness (QED) is 0.681. The molecule has 0 spiro atoms. The fourth-order valence-corrected chi connectivity index (χ4v) is 4.13. The number of halogens is 2. The molecule has 28 heavy (non-hydrogen) atoms. The molecule has 2 amide bonds. The zero-order chi connectivity index (χ0) is 20.1. The Morgan fingerprint density at radius 1 is 1.32 bits per heavy atom. The lowest BCUT2D eigenvalue weighted by Crippen LogP contribution is -2.52. The van der Waals surface area contributed by atoms with E-state index >= 15 is 0 Å². The summed E-state index contributed by atoms with van der Waals surface area (Å²) in [4.78, 5) is 31.5. The highest BCUT2D eigenvalue weighted by atomic mass is 35.5. The first-order valence-corrected chi connectivity index (χ1v) is 10.9. The lowest BCUT2D eigenvalue weighted by molar-refractivity contribution is -0.126. The molecule has 2 heterocycles. The van der Waals surface area contributed by atoms with Gasteiger partial charge in [-0.25, -0.2) is 4.98 Å². The van der Waals surface area contributed by atoms with Crippen molar-refractivity contribution in [2.24, 2.45) is 0 Å². The maximum Gasteiger partial charge on any atom is 0.274 e. The van der Waals surface area contributed by atoms with Gasteiger partial charge in [0, 0.05) is 23.5 Å². The summed E-state index contributed by atoms with van der Waals surface area (Å²) in [5.74, 6) is -0.313. The summed E-state index contributed by atoms with van der Waals surface area (Å²) >= 11 is 13.5. The van der Waals surface area contributed by atoms with E-state index in [4.69, 9.17) is 23.2 Å². The Labute approximate surface area is 178 Å². The third-order valence-electron chi connectivity index (χ3n) is 4.51. The summed E-state index contributed by atoms with van der Waals surface area (Å²) in [5.41, 5.74) is 0.943. The molecule has 1 aliphatic heterocycles. The average molecular weight is 441 g/mol. The molecule has 0 aliphatic carbocycles. The van der Waals surface area contributed by atoms with Crippen LogP contribution < -0.4 is 10.6 Å². The standard InChI is InChI=1S/C19H22Cl2N4O2S/c1-2-8-22-17(26)16-5-3-4-9-25(16)18(27)15-11-28-19(24-15)23-14-10-12(20)6-7-13(14)21/h6-7,10-11,16H,2-5,8-9H2,1H3,(H,22,26)(H,23,24). The molecule has 1 saturated heterocycles. The average Bonchev–Trinajstić information content (AvgIpc) is 3.17. The van der Waals surface area contributed by atoms with Gasteiger partial charge in [-0.3, -0.25) is 9.59 Å². The van der Waals surface area contributed by atoms with Crippen LogP contribution in [0.2, 0.25) is 10.0 Å². The first-order chi connectivity index (χ1) is 13.5. The van der Waals surface area contributed by atoms with E-state index in [0.717, 1.165) is 19.3 Å². The van der Waals surface area contributed by atoms with Crippen molar-refractivity contribution in [2.45, 2.75) is 38.6 Å². The first kappa shape index (κ1) is 20.9. The summed E-state index contributed by atoms with van der Waals surface area (Å²) in [7, 11) is 0. The van der Waals surface area contributed by atoms with Gasteiger partial charge in [-0.2, -0.15) is 0 Å². The number of aromatic nitrogens is 1. The van der Waals surface area contributed by atoms with E-state index in [-0.39, 0.29) is 11.8 Å². The highest BCUT2D eigenvalue weighted by Crippen LogP contribution is 2.30. The van der Waals surface area contributed by atoms with E-state index in [1.807, 2.05) is 6.92 Å². The Kier molecular flexibility index (Phi) is 7.15. The largest absolute Gasteiger partial charge is 0.354 e. The monoisotopic (exact) mass is 440 g/mol. The highest BCUT2D eigenvalue weighted by Gasteiger charge is 2.33. The third kappa shape index (κ3) is 4.96. The number of carbonyl (C=O) groups is 2. The number of carbonyl (C=O) groups excluding carboxylic acids is 2. The molecule has 9 heteroatoms. The summed E-state index contributed by atoms with van der Waals surface area (Å²) < 4.78 is 0. The third-order valence-corrected chi connectivity index (χ3v) is 5.83. The predicted molar refractivity (Wildman–Crippen MR) is 114 cm³/mol. The number of benzene rings is 1. The second-order valence-electron chi connectivity index (χ2n) is 6.59. The van der Waals surface area contributed by atoms with Gasteiger partial charge in [-0.1, -0.05) is 30.1 Å². The number of hydrogen-bond acceptors (Lipinski definition) is 5. The molecule has 1 fully saturated rings. The number of rotatable bonds is 6. The highest BCUT2D eigenvalue weighted by molar-refractivity contribution is 7.14. The second-order valence-corrected chi connectivity index (χ2v) is 8.29. The molecule has 0 radical (unpaired) electrons. The van der Waals surface area contributed by atoms with Crippen LogP contribution in [0.25, 0.3) is 0 Å². The Balaban J connectivity index is 1.73. The van der Waals surface area contributed by atoms with E-state index < -0.39 is 6.04 Å². The van der Waals surface area contributed by atoms with Gasteiger partial charge < -0.3 is 15.5 Å². The van der Waals surface area contributed by atoms with Crippen molar-refractivity contribution in [2.75, 3.05) is 18.4 Å². The van der Waals surface area contributed by atoms with E-state index in [2.05, 4.69) is 15.6 Å². The fourth-order valence-electron chi connectivity index (χ4n) is 3.10. The van der Waals surface area contributed by atoms with Crippen LogP contribution in [0.15, 0.2) is 23.6 Å². The van der Waals surface area contributed by atoms with Gasteiger partial charge in [0.1, 0.15) is 11.7 Å². The Bertz CT molecular complexity index is 858. The van der Waals surface area contributed by atoms with Crippen LogP contribution in [0.4, 0.5) is 10.8 Å². The number of anilines is 2. The molecule has 3 rings (SSSR count). The number of thiazole rings is 1. The molecule has 0 bridgehead atoms. The van der Waals surface area contributed by atoms with Gasteiger partial charge >= 0.3 is 0 Å². The van der Waals surface area contributed by atoms with Crippen molar-refractivity contribution in [1.29, 1.82) is 0 Å². The summed E-state index contributed by atoms with van der Waals surface area (Å²) in [5, 5.41) is 9.28. The zero-order valence-electron chi connectivity index (χ0n) is 15.5. The molecular formula is C19H22Cl2N4O2S. The number of nitrogens with one attached hydrogen (secondary N) is 2. The van der Waals surface area contributed by atoms with Gasteiger partial charge in [0.05, 0.1) is 10.7 Å². The van der Waals surface area contributed by atoms with Gasteiger partial charge in [0.2, 0.25) is 5.91 Å². The van der Waals surface area contributed by atoms with Crippen LogP contribution in [0, 0.1) is 0 Å². The number of amides is 2. The number of hydrogen-bond donors (Lipinski definition) is 2. The van der Waals surface area contributed by atoms with E-state index in [1.165, 1.54) is 11.3 Å². The number of piperidine rings is 1. The normalized spacial score (nSPS) is 16.7. The van der Waals surface area contributed by atoms with Crippen LogP contribution in [0.5, 0.6) is 0 Å². The summed E-state index contributed by atoms with van der Waals surface area (Å²) in [6, 6.07) is 4.66. The van der Waals surface area contributed by atoms with E-state index in [9.17, 15) is 9.59 Å². The Hall–Kier alpha value is -1.83. The Morgan fingerprint density at radius 2 is 2.14 bits per heavy atom. The van der Waals surface area contributed by atoms with Crippen LogP contribution >= 0.6 is 34.5 Å². The first-order valence-electron chi connectivity index (χ1n) is 9.26. The van der Waals surface area contributed by atoms with Crippen molar-refractivity contribution >= 4 is 57.2 Å². The molecule has 1 unspecified atom stereocenters. The predicted octanol–water partition coefficient (Wildman–Crippen LogP) is 4.71. The Morgan fingerprint density at radius 3 is 2.93 bits per heavy atom. The minimum Gasteiger partial charge on any atom is -0.354 e. The lowest BCUT2D eigenvalue weighted by Gasteiger charge is -2.34. The molecule has 1 aliphatic rings. The van der Waals surface area contributed by atoms with Crippen molar-refractivity contribution in [3.05, 3.63) is 39.3 Å². The molecule has 2 aromatic rings. The minimum atomic E-state index is -0.437. The maximum atomic E-state index is 13.0. The number of likely N-dealkylation sites (tertiary alicyclic amines) is 1. The van der Waals surface area contributed by atoms with Gasteiger partial charge in [0.15, 0.2) is 5.13 Å². The van der Waals surface area contributed by atoms with Crippen LogP contribution in [0.1, 0.15) is 43.1 Å². The van der Waals surface area contributed by atoms with Crippen LogP contribution in [0.3, 0.4) is 0 Å². The fraction of sp³-hybridized carbons (Fsp3) is 0.421. The van der Waals surface area contributed by atoms with Gasteiger partial charge in [-0.15, -0.1) is 11.3 Å². The summed E-state index contributed by atoms with van der Waals surface area (Å²) in [6.45, 7) is 3.17. The second kappa shape index (κ2) is 9.58. The van der Waals surface area contributed by atoms with E-state index in [1.54, 1.807) is 28.5 Å². The van der Waals surface area contributed by atoms with Crippen molar-refractivity contribution < 1.29 is 9.59 Å². The maximum absolute atomic E-state index is 13.0. The molecule has 150 valence electrons. The number of nitrogens with zero attached hydrogens (tertiary/aromatic N) is 2. The minimum absolute atomic E-state index is 0.0887. The smallest absolute Gasteiger partial charge is 0.274 e. The van der Waals surface area contributed by atoms with Crippen molar-refractivity contribution in [1.82, 2.24) is 15.2 Å². The van der Waals surface area contributed by atoms with Crippen LogP contribution in [-0.2, 0) is 4.79 Å². The molecule has 1 aromatic carbocycles. The molecule has 1 atom stereocenters. The molecular weight excluding hydrogens is 419 g/mol. The van der Waals surface area contributed by atoms with Crippen molar-refractivity contribution in [3.63, 3.8) is 0 Å². The lowest BCUT2D eigenvalue weighted by atomic mass is 10.0. The van der Waals surface area contributed by atoms with Crippen molar-refractivity contribution in [3.8, 4) is 0 Å². The molecule has 6 nitrogen and oxygen atoms in total. The van der Waals surface area contributed by atoms with Gasteiger partial charge in [-0.05, 0) is 43.9 Å². The summed E-state index contributed by atoms with van der Waals surface area (Å²) in [6.07, 6.45) is 3.36. The topological polar surface area (TPSA) is 74.3 Å². The molecule has 1 aromatic heterocycles. The molecule has 2 N–H and O–H groups in total. The van der Waals surface area contributed by atoms with E-state index in [0.29, 0.717) is 46.1 Å². The van der Waals surface area contributed by atoms with Crippen LogP contribution in [-0.4, -0.2) is 40.8 Å². The van der Waals surface area contributed by atoms with Gasteiger partial charge in [0.25, 0.3) is 5.91 Å².